The minimum Gasteiger partial charge on any atom is -0.495 e. The van der Waals surface area contributed by atoms with E-state index in [1.165, 1.54) is 17.5 Å². The first-order valence-corrected chi connectivity index (χ1v) is 12.7. The molecule has 1 saturated heterocycles. The smallest absolute Gasteiger partial charge is 0.251 e. The number of nitrogens with zero attached hydrogens (tertiary/aromatic N) is 2. The Morgan fingerprint density at radius 1 is 1.09 bits per heavy atom. The number of nitrogens with one attached hydrogen (secondary N) is 1. The molecular weight excluding hydrogens is 438 g/mol. The van der Waals surface area contributed by atoms with E-state index in [0.717, 1.165) is 24.1 Å². The van der Waals surface area contributed by atoms with Gasteiger partial charge in [-0.05, 0) is 61.7 Å². The second kappa shape index (κ2) is 10.7. The van der Waals surface area contributed by atoms with Crippen molar-refractivity contribution in [3.05, 3.63) is 59.2 Å². The molecule has 1 N–H and O–H groups in total. The number of carbonyl (C=O) groups excluding carboxylic acids is 1. The Morgan fingerprint density at radius 3 is 2.33 bits per heavy atom. The summed E-state index contributed by atoms with van der Waals surface area (Å²) in [4.78, 5) is 15.0. The monoisotopic (exact) mass is 473 g/mol. The van der Waals surface area contributed by atoms with Crippen LogP contribution >= 0.6 is 0 Å². The van der Waals surface area contributed by atoms with Crippen molar-refractivity contribution in [2.45, 2.75) is 38.3 Å². The molecule has 0 radical (unpaired) electrons. The third kappa shape index (κ3) is 6.13. The molecule has 1 amide bonds. The number of ether oxygens (including phenoxy) is 1. The fraction of sp³-hybridized carbons (Fsp3) is 0.480. The molecule has 2 atom stereocenters. The Labute approximate surface area is 197 Å². The summed E-state index contributed by atoms with van der Waals surface area (Å²) in [6.07, 6.45) is 1.00. The van der Waals surface area contributed by atoms with Gasteiger partial charge in [0.15, 0.2) is 0 Å². The number of rotatable bonds is 8. The molecule has 2 aromatic carbocycles. The quantitative estimate of drug-likeness (QED) is 0.636. The summed E-state index contributed by atoms with van der Waals surface area (Å²) in [5.74, 6) is 0.481. The summed E-state index contributed by atoms with van der Waals surface area (Å²) >= 11 is 0. The highest BCUT2D eigenvalue weighted by atomic mass is 32.2. The second-order valence-corrected chi connectivity index (χ2v) is 11.2. The average molecular weight is 474 g/mol. The molecule has 1 fully saturated rings. The van der Waals surface area contributed by atoms with Crippen molar-refractivity contribution in [3.63, 3.8) is 0 Å². The van der Waals surface area contributed by atoms with Crippen molar-refractivity contribution in [1.29, 1.82) is 0 Å². The van der Waals surface area contributed by atoms with Crippen molar-refractivity contribution < 1.29 is 17.9 Å². The Kier molecular flexibility index (Phi) is 8.15. The Balaban J connectivity index is 1.83. The van der Waals surface area contributed by atoms with Crippen LogP contribution in [0.3, 0.4) is 0 Å². The van der Waals surface area contributed by atoms with E-state index in [-0.39, 0.29) is 34.0 Å². The topological polar surface area (TPSA) is 79.0 Å². The van der Waals surface area contributed by atoms with Gasteiger partial charge in [-0.25, -0.2) is 8.42 Å². The zero-order chi connectivity index (χ0) is 24.2. The number of hydrogen-bond acceptors (Lipinski definition) is 5. The number of amides is 1. The fourth-order valence-corrected chi connectivity index (χ4v) is 6.32. The third-order valence-electron chi connectivity index (χ3n) is 5.92. The fourth-order valence-electron chi connectivity index (χ4n) is 4.46. The maximum atomic E-state index is 13.5. The Morgan fingerprint density at radius 2 is 1.73 bits per heavy atom. The lowest BCUT2D eigenvalue weighted by molar-refractivity contribution is 0.0950. The van der Waals surface area contributed by atoms with Crippen molar-refractivity contribution in [3.8, 4) is 5.75 Å². The zero-order valence-corrected chi connectivity index (χ0v) is 21.0. The van der Waals surface area contributed by atoms with Crippen molar-refractivity contribution >= 4 is 15.9 Å². The van der Waals surface area contributed by atoms with Gasteiger partial charge in [0, 0.05) is 31.7 Å². The van der Waals surface area contributed by atoms with Crippen LogP contribution in [-0.4, -0.2) is 57.8 Å². The van der Waals surface area contributed by atoms with Gasteiger partial charge in [-0.3, -0.25) is 4.79 Å². The summed E-state index contributed by atoms with van der Waals surface area (Å²) < 4.78 is 33.8. The minimum atomic E-state index is -3.79. The summed E-state index contributed by atoms with van der Waals surface area (Å²) in [5, 5.41) is 2.93. The molecule has 0 bridgehead atoms. The van der Waals surface area contributed by atoms with Gasteiger partial charge in [0.25, 0.3) is 5.91 Å². The lowest BCUT2D eigenvalue weighted by Gasteiger charge is -2.34. The van der Waals surface area contributed by atoms with Gasteiger partial charge >= 0.3 is 0 Å². The predicted molar refractivity (Wildman–Crippen MR) is 130 cm³/mol. The molecule has 0 aromatic heterocycles. The molecule has 180 valence electrons. The van der Waals surface area contributed by atoms with E-state index in [0.29, 0.717) is 19.6 Å². The summed E-state index contributed by atoms with van der Waals surface area (Å²) in [7, 11) is 1.65. The lowest BCUT2D eigenvalue weighted by Crippen LogP contribution is -2.42. The van der Waals surface area contributed by atoms with Gasteiger partial charge in [-0.2, -0.15) is 4.31 Å². The molecule has 3 rings (SSSR count). The number of methoxy groups -OCH3 is 1. The van der Waals surface area contributed by atoms with E-state index in [1.807, 2.05) is 38.4 Å². The predicted octanol–water partition coefficient (Wildman–Crippen LogP) is 3.35. The molecule has 1 aliphatic rings. The van der Waals surface area contributed by atoms with Gasteiger partial charge < -0.3 is 15.0 Å². The largest absolute Gasteiger partial charge is 0.495 e. The molecule has 8 heteroatoms. The summed E-state index contributed by atoms with van der Waals surface area (Å²) in [5.41, 5.74) is 2.45. The number of sulfonamides is 1. The zero-order valence-electron chi connectivity index (χ0n) is 20.2. The van der Waals surface area contributed by atoms with E-state index in [1.54, 1.807) is 12.1 Å². The van der Waals surface area contributed by atoms with Gasteiger partial charge in [-0.1, -0.05) is 38.1 Å². The van der Waals surface area contributed by atoms with Crippen LogP contribution in [0.15, 0.2) is 47.4 Å². The SMILES string of the molecule is COc1ccc(C(=O)NCc2ccccc2CN(C)C)cc1S(=O)(=O)N1C[C@@H](C)C[C@H](C)C1. The van der Waals surface area contributed by atoms with Crippen LogP contribution in [0, 0.1) is 11.8 Å². The van der Waals surface area contributed by atoms with Crippen LogP contribution in [0.25, 0.3) is 0 Å². The molecule has 0 unspecified atom stereocenters. The first kappa shape index (κ1) is 25.2. The van der Waals surface area contributed by atoms with Crippen LogP contribution in [0.2, 0.25) is 0 Å². The van der Waals surface area contributed by atoms with Gasteiger partial charge in [0.05, 0.1) is 7.11 Å². The molecule has 1 heterocycles. The van der Waals surface area contributed by atoms with Gasteiger partial charge in [-0.15, -0.1) is 0 Å². The van der Waals surface area contributed by atoms with Gasteiger partial charge in [0.2, 0.25) is 10.0 Å². The molecule has 0 spiro atoms. The molecule has 2 aromatic rings. The first-order chi connectivity index (χ1) is 15.6. The molecule has 0 aliphatic carbocycles. The molecular formula is C25H35N3O4S. The molecule has 33 heavy (non-hydrogen) atoms. The standard InChI is InChI=1S/C25H35N3O4S/c1-18-12-19(2)16-28(15-18)33(30,31)24-13-20(10-11-23(24)32-5)25(29)26-14-21-8-6-7-9-22(21)17-27(3)4/h6-11,13,18-19H,12,14-17H2,1-5H3,(H,26,29)/t18-,19-/m0/s1. The Bertz CT molecular complexity index is 1070. The molecule has 1 aliphatic heterocycles. The highest BCUT2D eigenvalue weighted by Crippen LogP contribution is 2.32. The van der Waals surface area contributed by atoms with E-state index in [4.69, 9.17) is 4.74 Å². The van der Waals surface area contributed by atoms with Crippen molar-refractivity contribution in [2.24, 2.45) is 11.8 Å². The van der Waals surface area contributed by atoms with E-state index in [2.05, 4.69) is 24.1 Å². The maximum absolute atomic E-state index is 13.5. The van der Waals surface area contributed by atoms with Crippen molar-refractivity contribution in [1.82, 2.24) is 14.5 Å². The van der Waals surface area contributed by atoms with Crippen LogP contribution in [0.4, 0.5) is 0 Å². The highest BCUT2D eigenvalue weighted by molar-refractivity contribution is 7.89. The normalized spacial score (nSPS) is 19.5. The van der Waals surface area contributed by atoms with Crippen LogP contribution in [0.5, 0.6) is 5.75 Å². The highest BCUT2D eigenvalue weighted by Gasteiger charge is 2.34. The van der Waals surface area contributed by atoms with Crippen molar-refractivity contribution in [2.75, 3.05) is 34.3 Å². The number of hydrogen-bond donors (Lipinski definition) is 1. The number of piperidine rings is 1. The van der Waals surface area contributed by atoms with E-state index >= 15 is 0 Å². The molecule has 7 nitrogen and oxygen atoms in total. The molecule has 0 saturated carbocycles. The van der Waals surface area contributed by atoms with E-state index in [9.17, 15) is 13.2 Å². The van der Waals surface area contributed by atoms with Crippen LogP contribution in [0.1, 0.15) is 41.8 Å². The second-order valence-electron chi connectivity index (χ2n) is 9.32. The Hall–Kier alpha value is -2.42. The maximum Gasteiger partial charge on any atom is 0.251 e. The first-order valence-electron chi connectivity index (χ1n) is 11.3. The van der Waals surface area contributed by atoms with E-state index < -0.39 is 10.0 Å². The summed E-state index contributed by atoms with van der Waals surface area (Å²) in [6.45, 7) is 6.19. The van der Waals surface area contributed by atoms with Gasteiger partial charge in [0.1, 0.15) is 10.6 Å². The van der Waals surface area contributed by atoms with Crippen LogP contribution in [-0.2, 0) is 23.1 Å². The number of carbonyl (C=O) groups is 1. The third-order valence-corrected chi connectivity index (χ3v) is 7.78. The average Bonchev–Trinajstić information content (AvgIpc) is 2.76. The van der Waals surface area contributed by atoms with Crippen LogP contribution < -0.4 is 10.1 Å². The minimum absolute atomic E-state index is 0.0342. The number of benzene rings is 2. The lowest BCUT2D eigenvalue weighted by atomic mass is 9.94. The summed E-state index contributed by atoms with van der Waals surface area (Å²) in [6, 6.07) is 12.5.